The minimum absolute atomic E-state index is 0.100. The molecule has 0 aliphatic carbocycles. The Balaban J connectivity index is 1.39. The molecule has 0 radical (unpaired) electrons. The zero-order valence-corrected chi connectivity index (χ0v) is 13.7. The van der Waals surface area contributed by atoms with E-state index in [0.717, 1.165) is 43.4 Å². The van der Waals surface area contributed by atoms with Crippen molar-refractivity contribution in [1.82, 2.24) is 9.88 Å². The van der Waals surface area contributed by atoms with Crippen LogP contribution in [0.15, 0.2) is 35.8 Å². The molecular formula is C17H19N3O2S. The Morgan fingerprint density at radius 3 is 3.00 bits per heavy atom. The molecule has 1 aliphatic heterocycles. The third kappa shape index (κ3) is 4.52. The maximum atomic E-state index is 8.77. The summed E-state index contributed by atoms with van der Waals surface area (Å²) in [5, 5.41) is 11.8. The van der Waals surface area contributed by atoms with E-state index in [2.05, 4.69) is 16.0 Å². The first-order valence-corrected chi connectivity index (χ1v) is 8.59. The maximum Gasteiger partial charge on any atom is 0.123 e. The van der Waals surface area contributed by atoms with Crippen LogP contribution in [0.4, 0.5) is 0 Å². The number of thiazole rings is 1. The molecule has 0 amide bonds. The number of aromatic nitrogens is 1. The summed E-state index contributed by atoms with van der Waals surface area (Å²) in [6.07, 6.45) is 2.89. The fourth-order valence-corrected chi connectivity index (χ4v) is 3.23. The average Bonchev–Trinajstić information content (AvgIpc) is 3.14. The molecule has 120 valence electrons. The highest BCUT2D eigenvalue weighted by Crippen LogP contribution is 2.23. The summed E-state index contributed by atoms with van der Waals surface area (Å²) in [6.45, 7) is 4.26. The van der Waals surface area contributed by atoms with Crippen molar-refractivity contribution < 1.29 is 9.47 Å². The van der Waals surface area contributed by atoms with Crippen LogP contribution in [0.2, 0.25) is 0 Å². The molecule has 1 atom stereocenters. The highest BCUT2D eigenvalue weighted by Gasteiger charge is 2.23. The molecule has 3 rings (SSSR count). The summed E-state index contributed by atoms with van der Waals surface area (Å²) in [5.74, 6) is 0.812. The van der Waals surface area contributed by atoms with Crippen molar-refractivity contribution in [3.8, 4) is 11.8 Å². The molecule has 0 saturated carbocycles. The Labute approximate surface area is 140 Å². The van der Waals surface area contributed by atoms with Crippen LogP contribution in [0.5, 0.6) is 5.75 Å². The molecule has 1 aliphatic rings. The van der Waals surface area contributed by atoms with Crippen LogP contribution in [-0.2, 0) is 4.74 Å². The summed E-state index contributed by atoms with van der Waals surface area (Å²) in [5.41, 5.74) is 0.652. The molecule has 2 heterocycles. The Kier molecular flexibility index (Phi) is 5.59. The van der Waals surface area contributed by atoms with Gasteiger partial charge in [0.05, 0.1) is 24.8 Å². The van der Waals surface area contributed by atoms with Crippen LogP contribution < -0.4 is 4.74 Å². The SMILES string of the molecule is N#Cc1ccc(OCCCN2CCO[C@@H](c3nccs3)C2)cc1. The molecule has 5 nitrogen and oxygen atoms in total. The number of ether oxygens (including phenoxy) is 2. The second-order valence-corrected chi connectivity index (χ2v) is 6.29. The highest BCUT2D eigenvalue weighted by molar-refractivity contribution is 7.09. The topological polar surface area (TPSA) is 58.4 Å². The first-order valence-electron chi connectivity index (χ1n) is 7.71. The van der Waals surface area contributed by atoms with Gasteiger partial charge in [-0.15, -0.1) is 11.3 Å². The van der Waals surface area contributed by atoms with Gasteiger partial charge < -0.3 is 9.47 Å². The van der Waals surface area contributed by atoms with Gasteiger partial charge in [-0.05, 0) is 30.7 Å². The van der Waals surface area contributed by atoms with E-state index >= 15 is 0 Å². The van der Waals surface area contributed by atoms with Gasteiger partial charge in [0, 0.05) is 31.2 Å². The fourth-order valence-electron chi connectivity index (χ4n) is 2.55. The molecule has 23 heavy (non-hydrogen) atoms. The van der Waals surface area contributed by atoms with E-state index in [1.807, 2.05) is 23.7 Å². The zero-order valence-electron chi connectivity index (χ0n) is 12.9. The van der Waals surface area contributed by atoms with E-state index in [-0.39, 0.29) is 6.10 Å². The summed E-state index contributed by atoms with van der Waals surface area (Å²) in [6, 6.07) is 9.33. The number of nitrogens with zero attached hydrogens (tertiary/aromatic N) is 3. The summed E-state index contributed by atoms with van der Waals surface area (Å²) >= 11 is 1.65. The molecule has 2 aromatic rings. The van der Waals surface area contributed by atoms with Crippen molar-refractivity contribution in [2.45, 2.75) is 12.5 Å². The molecule has 1 fully saturated rings. The lowest BCUT2D eigenvalue weighted by Gasteiger charge is -2.31. The summed E-state index contributed by atoms with van der Waals surface area (Å²) < 4.78 is 11.5. The van der Waals surface area contributed by atoms with Crippen molar-refractivity contribution in [3.63, 3.8) is 0 Å². The van der Waals surface area contributed by atoms with Gasteiger partial charge in [0.15, 0.2) is 0 Å². The molecule has 0 N–H and O–H groups in total. The lowest BCUT2D eigenvalue weighted by Crippen LogP contribution is -2.39. The predicted octanol–water partition coefficient (Wildman–Crippen LogP) is 2.86. The van der Waals surface area contributed by atoms with Crippen LogP contribution in [0.1, 0.15) is 23.1 Å². The van der Waals surface area contributed by atoms with Gasteiger partial charge in [-0.1, -0.05) is 0 Å². The summed E-state index contributed by atoms with van der Waals surface area (Å²) in [7, 11) is 0. The standard InChI is InChI=1S/C17H19N3O2S/c18-12-14-2-4-15(5-3-14)21-9-1-7-20-8-10-22-16(13-20)17-19-6-11-23-17/h2-6,11,16H,1,7-10,13H2/t16-/m1/s1. The van der Waals surface area contributed by atoms with Gasteiger partial charge in [0.2, 0.25) is 0 Å². The summed E-state index contributed by atoms with van der Waals surface area (Å²) in [4.78, 5) is 6.74. The molecule has 1 aromatic carbocycles. The largest absolute Gasteiger partial charge is 0.494 e. The van der Waals surface area contributed by atoms with E-state index < -0.39 is 0 Å². The number of hydrogen-bond acceptors (Lipinski definition) is 6. The second kappa shape index (κ2) is 8.06. The monoisotopic (exact) mass is 329 g/mol. The fraction of sp³-hybridized carbons (Fsp3) is 0.412. The van der Waals surface area contributed by atoms with Crippen molar-refractivity contribution in [3.05, 3.63) is 46.4 Å². The lowest BCUT2D eigenvalue weighted by atomic mass is 10.2. The normalized spacial score (nSPS) is 18.5. The Hall–Kier alpha value is -1.94. The van der Waals surface area contributed by atoms with Crippen molar-refractivity contribution in [2.75, 3.05) is 32.8 Å². The van der Waals surface area contributed by atoms with Gasteiger partial charge in [-0.3, -0.25) is 4.90 Å². The number of benzene rings is 1. The van der Waals surface area contributed by atoms with E-state index in [1.165, 1.54) is 0 Å². The molecule has 1 aromatic heterocycles. The van der Waals surface area contributed by atoms with E-state index in [4.69, 9.17) is 14.7 Å². The lowest BCUT2D eigenvalue weighted by molar-refractivity contribution is -0.0310. The number of nitriles is 1. The van der Waals surface area contributed by atoms with Crippen molar-refractivity contribution in [2.24, 2.45) is 0 Å². The van der Waals surface area contributed by atoms with Crippen LogP contribution in [-0.4, -0.2) is 42.7 Å². The van der Waals surface area contributed by atoms with Crippen LogP contribution in [0.3, 0.4) is 0 Å². The predicted molar refractivity (Wildman–Crippen MR) is 88.5 cm³/mol. The molecule has 6 heteroatoms. The van der Waals surface area contributed by atoms with E-state index in [9.17, 15) is 0 Å². The third-order valence-electron chi connectivity index (χ3n) is 3.75. The van der Waals surface area contributed by atoms with Crippen LogP contribution in [0.25, 0.3) is 0 Å². The van der Waals surface area contributed by atoms with Crippen LogP contribution >= 0.6 is 11.3 Å². The maximum absolute atomic E-state index is 8.77. The Morgan fingerprint density at radius 1 is 1.39 bits per heavy atom. The van der Waals surface area contributed by atoms with Crippen molar-refractivity contribution >= 4 is 11.3 Å². The third-order valence-corrected chi connectivity index (χ3v) is 4.62. The first kappa shape index (κ1) is 15.9. The van der Waals surface area contributed by atoms with E-state index in [0.29, 0.717) is 12.2 Å². The Bertz CT molecular complexity index is 637. The quantitative estimate of drug-likeness (QED) is 0.763. The molecule has 1 saturated heterocycles. The molecular weight excluding hydrogens is 310 g/mol. The number of rotatable bonds is 6. The second-order valence-electron chi connectivity index (χ2n) is 5.37. The minimum atomic E-state index is 0.100. The van der Waals surface area contributed by atoms with Crippen LogP contribution in [0, 0.1) is 11.3 Å². The van der Waals surface area contributed by atoms with Gasteiger partial charge in [0.25, 0.3) is 0 Å². The van der Waals surface area contributed by atoms with Crippen molar-refractivity contribution in [1.29, 1.82) is 5.26 Å². The first-order chi connectivity index (χ1) is 11.3. The minimum Gasteiger partial charge on any atom is -0.494 e. The van der Waals surface area contributed by atoms with Gasteiger partial charge in [0.1, 0.15) is 16.9 Å². The van der Waals surface area contributed by atoms with E-state index in [1.54, 1.807) is 23.5 Å². The number of hydrogen-bond donors (Lipinski definition) is 0. The zero-order chi connectivity index (χ0) is 15.9. The smallest absolute Gasteiger partial charge is 0.123 e. The Morgan fingerprint density at radius 2 is 2.26 bits per heavy atom. The molecule has 0 unspecified atom stereocenters. The van der Waals surface area contributed by atoms with Gasteiger partial charge in [-0.25, -0.2) is 4.98 Å². The van der Waals surface area contributed by atoms with Gasteiger partial charge >= 0.3 is 0 Å². The average molecular weight is 329 g/mol. The number of morpholine rings is 1. The van der Waals surface area contributed by atoms with Gasteiger partial charge in [-0.2, -0.15) is 5.26 Å². The molecule has 0 bridgehead atoms. The molecule has 0 spiro atoms. The highest BCUT2D eigenvalue weighted by atomic mass is 32.1.